The molecule has 6 nitrogen and oxygen atoms in total. The summed E-state index contributed by atoms with van der Waals surface area (Å²) in [7, 11) is -3.14. The number of hydrogen-bond donors (Lipinski definition) is 0. The standard InChI is InChI=1S/C16H17FN2O4S2/c17-10-3-1-4-11(7-10)19-12-8-25(21,22)9-14(12)24-16(19)18-15(20)13-5-2-6-23-13/h1,3-4,7,12-14H,2,5-6,8-9H2/t12-,13+,14+/m1/s1. The molecule has 3 atom stereocenters. The SMILES string of the molecule is O=C(N=C1S[C@H]2CS(=O)(=O)C[C@H]2N1c1cccc(F)c1)[C@@H]1CCCO1. The van der Waals surface area contributed by atoms with Crippen molar-refractivity contribution in [3.63, 3.8) is 0 Å². The number of sulfone groups is 1. The number of rotatable bonds is 2. The number of hydrogen-bond acceptors (Lipinski definition) is 5. The summed E-state index contributed by atoms with van der Waals surface area (Å²) in [5.74, 6) is -0.754. The molecule has 0 spiro atoms. The Bertz CT molecular complexity index is 836. The third-order valence-corrected chi connectivity index (χ3v) is 7.77. The van der Waals surface area contributed by atoms with E-state index in [1.807, 2.05) is 0 Å². The van der Waals surface area contributed by atoms with E-state index in [9.17, 15) is 17.6 Å². The Labute approximate surface area is 149 Å². The average Bonchev–Trinajstić information content (AvgIpc) is 3.21. The van der Waals surface area contributed by atoms with Crippen molar-refractivity contribution in [2.75, 3.05) is 23.0 Å². The molecule has 0 bridgehead atoms. The Morgan fingerprint density at radius 2 is 2.20 bits per heavy atom. The van der Waals surface area contributed by atoms with E-state index in [1.54, 1.807) is 17.0 Å². The van der Waals surface area contributed by atoms with Gasteiger partial charge in [-0.25, -0.2) is 12.8 Å². The van der Waals surface area contributed by atoms with Gasteiger partial charge in [0.25, 0.3) is 5.91 Å². The summed E-state index contributed by atoms with van der Waals surface area (Å²) >= 11 is 1.28. The molecular formula is C16H17FN2O4S2. The van der Waals surface area contributed by atoms with Gasteiger partial charge in [-0.2, -0.15) is 4.99 Å². The smallest absolute Gasteiger partial charge is 0.277 e. The summed E-state index contributed by atoms with van der Waals surface area (Å²) in [6.07, 6.45) is 0.930. The number of fused-ring (bicyclic) bond motifs is 1. The van der Waals surface area contributed by atoms with E-state index < -0.39 is 21.8 Å². The molecule has 1 aromatic carbocycles. The Balaban J connectivity index is 1.69. The first-order chi connectivity index (χ1) is 11.9. The van der Waals surface area contributed by atoms with Crippen LogP contribution in [0.3, 0.4) is 0 Å². The van der Waals surface area contributed by atoms with E-state index >= 15 is 0 Å². The van der Waals surface area contributed by atoms with Gasteiger partial charge in [-0.3, -0.25) is 4.79 Å². The van der Waals surface area contributed by atoms with Gasteiger partial charge in [-0.15, -0.1) is 0 Å². The summed E-state index contributed by atoms with van der Waals surface area (Å²) in [5.41, 5.74) is 0.510. The van der Waals surface area contributed by atoms with E-state index in [4.69, 9.17) is 4.74 Å². The van der Waals surface area contributed by atoms with Crippen LogP contribution in [0.25, 0.3) is 0 Å². The van der Waals surface area contributed by atoms with Crippen molar-refractivity contribution in [1.29, 1.82) is 0 Å². The van der Waals surface area contributed by atoms with Crippen LogP contribution in [0.1, 0.15) is 12.8 Å². The molecular weight excluding hydrogens is 367 g/mol. The van der Waals surface area contributed by atoms with Crippen molar-refractivity contribution in [3.05, 3.63) is 30.1 Å². The lowest BCUT2D eigenvalue weighted by atomic mass is 10.2. The molecule has 0 N–H and O–H groups in total. The van der Waals surface area contributed by atoms with Crippen LogP contribution in [0.5, 0.6) is 0 Å². The first-order valence-corrected chi connectivity index (χ1v) is 10.8. The van der Waals surface area contributed by atoms with Gasteiger partial charge >= 0.3 is 0 Å². The zero-order valence-corrected chi connectivity index (χ0v) is 14.9. The van der Waals surface area contributed by atoms with Crippen molar-refractivity contribution in [3.8, 4) is 0 Å². The quantitative estimate of drug-likeness (QED) is 0.771. The molecule has 134 valence electrons. The van der Waals surface area contributed by atoms with Gasteiger partial charge in [0.05, 0.1) is 17.5 Å². The van der Waals surface area contributed by atoms with Crippen LogP contribution in [-0.4, -0.2) is 55.0 Å². The van der Waals surface area contributed by atoms with Crippen LogP contribution in [0.4, 0.5) is 10.1 Å². The molecule has 0 aliphatic carbocycles. The second-order valence-electron chi connectivity index (χ2n) is 6.38. The number of benzene rings is 1. The topological polar surface area (TPSA) is 76.0 Å². The molecule has 25 heavy (non-hydrogen) atoms. The van der Waals surface area contributed by atoms with Crippen LogP contribution in [0.15, 0.2) is 29.3 Å². The number of carbonyl (C=O) groups is 1. The van der Waals surface area contributed by atoms with Gasteiger partial charge in [-0.1, -0.05) is 17.8 Å². The minimum atomic E-state index is -3.14. The zero-order chi connectivity index (χ0) is 17.6. The van der Waals surface area contributed by atoms with E-state index in [2.05, 4.69) is 4.99 Å². The second-order valence-corrected chi connectivity index (χ2v) is 9.74. The second kappa shape index (κ2) is 6.37. The predicted octanol–water partition coefficient (Wildman–Crippen LogP) is 1.61. The maximum Gasteiger partial charge on any atom is 0.277 e. The molecule has 0 saturated carbocycles. The van der Waals surface area contributed by atoms with Gasteiger partial charge in [0.15, 0.2) is 15.0 Å². The lowest BCUT2D eigenvalue weighted by Gasteiger charge is -2.24. The van der Waals surface area contributed by atoms with E-state index in [-0.39, 0.29) is 28.7 Å². The first-order valence-electron chi connectivity index (χ1n) is 8.09. The summed E-state index contributed by atoms with van der Waals surface area (Å²) in [4.78, 5) is 18.2. The molecule has 3 aliphatic rings. The van der Waals surface area contributed by atoms with Gasteiger partial charge in [0, 0.05) is 17.5 Å². The number of amides is 1. The molecule has 3 fully saturated rings. The van der Waals surface area contributed by atoms with Gasteiger partial charge in [0.1, 0.15) is 11.9 Å². The number of nitrogens with zero attached hydrogens (tertiary/aromatic N) is 2. The van der Waals surface area contributed by atoms with Gasteiger partial charge < -0.3 is 9.64 Å². The van der Waals surface area contributed by atoms with Crippen LogP contribution in [0.2, 0.25) is 0 Å². The number of ether oxygens (including phenoxy) is 1. The van der Waals surface area contributed by atoms with Crippen molar-refractivity contribution in [1.82, 2.24) is 0 Å². The van der Waals surface area contributed by atoms with E-state index in [0.29, 0.717) is 23.9 Å². The van der Waals surface area contributed by atoms with Gasteiger partial charge in [0.2, 0.25) is 0 Å². The Hall–Kier alpha value is -1.45. The Morgan fingerprint density at radius 3 is 2.92 bits per heavy atom. The highest BCUT2D eigenvalue weighted by Crippen LogP contribution is 2.41. The molecule has 1 aromatic rings. The Morgan fingerprint density at radius 1 is 1.36 bits per heavy atom. The monoisotopic (exact) mass is 384 g/mol. The fourth-order valence-electron chi connectivity index (χ4n) is 3.43. The highest BCUT2D eigenvalue weighted by atomic mass is 32.2. The first kappa shape index (κ1) is 17.0. The molecule has 9 heteroatoms. The highest BCUT2D eigenvalue weighted by molar-refractivity contribution is 8.16. The summed E-state index contributed by atoms with van der Waals surface area (Å²) in [6.45, 7) is 0.547. The molecule has 3 saturated heterocycles. The largest absolute Gasteiger partial charge is 0.368 e. The van der Waals surface area contributed by atoms with Crippen molar-refractivity contribution in [2.45, 2.75) is 30.2 Å². The highest BCUT2D eigenvalue weighted by Gasteiger charge is 2.49. The number of amidine groups is 1. The average molecular weight is 384 g/mol. The molecule has 3 aliphatic heterocycles. The third-order valence-electron chi connectivity index (χ3n) is 4.56. The third kappa shape index (κ3) is 3.32. The molecule has 4 rings (SSSR count). The maximum absolute atomic E-state index is 13.7. The molecule has 1 amide bonds. The molecule has 0 aromatic heterocycles. The predicted molar refractivity (Wildman–Crippen MR) is 94.1 cm³/mol. The van der Waals surface area contributed by atoms with Gasteiger partial charge in [-0.05, 0) is 31.0 Å². The van der Waals surface area contributed by atoms with E-state index in [1.165, 1.54) is 23.9 Å². The van der Waals surface area contributed by atoms with Crippen LogP contribution >= 0.6 is 11.8 Å². The lowest BCUT2D eigenvalue weighted by molar-refractivity contribution is -0.126. The number of aliphatic imine (C=N–C) groups is 1. The molecule has 0 unspecified atom stereocenters. The van der Waals surface area contributed by atoms with Crippen molar-refractivity contribution >= 4 is 38.4 Å². The van der Waals surface area contributed by atoms with Crippen LogP contribution < -0.4 is 4.90 Å². The Kier molecular flexibility index (Phi) is 4.33. The van der Waals surface area contributed by atoms with Crippen molar-refractivity contribution < 1.29 is 22.3 Å². The zero-order valence-electron chi connectivity index (χ0n) is 13.3. The molecule has 3 heterocycles. The lowest BCUT2D eigenvalue weighted by Crippen LogP contribution is -2.38. The van der Waals surface area contributed by atoms with Crippen LogP contribution in [-0.2, 0) is 19.4 Å². The number of halogens is 1. The minimum absolute atomic E-state index is 0.0195. The summed E-state index contributed by atoms with van der Waals surface area (Å²) in [5, 5.41) is 0.223. The summed E-state index contributed by atoms with van der Waals surface area (Å²) < 4.78 is 43.0. The van der Waals surface area contributed by atoms with Crippen LogP contribution in [0, 0.1) is 5.82 Å². The number of thioether (sulfide) groups is 1. The molecule has 0 radical (unpaired) electrons. The maximum atomic E-state index is 13.7. The normalized spacial score (nSPS) is 32.3. The van der Waals surface area contributed by atoms with Crippen molar-refractivity contribution in [2.24, 2.45) is 4.99 Å². The minimum Gasteiger partial charge on any atom is -0.368 e. The fraction of sp³-hybridized carbons (Fsp3) is 0.500. The summed E-state index contributed by atoms with van der Waals surface area (Å²) in [6, 6.07) is 5.58. The van der Waals surface area contributed by atoms with E-state index in [0.717, 1.165) is 6.42 Å². The fourth-order valence-corrected chi connectivity index (χ4v) is 7.35. The number of anilines is 1. The number of carbonyl (C=O) groups excluding carboxylic acids is 1.